The van der Waals surface area contributed by atoms with E-state index in [1.165, 1.54) is 30.4 Å². The Kier molecular flexibility index (Phi) is 5.27. The lowest BCUT2D eigenvalue weighted by atomic mass is 9.94. The lowest BCUT2D eigenvalue weighted by molar-refractivity contribution is 0.140. The normalized spacial score (nSPS) is 17.8. The van der Waals surface area contributed by atoms with Crippen molar-refractivity contribution in [2.45, 2.75) is 31.8 Å². The van der Waals surface area contributed by atoms with Crippen LogP contribution in [0, 0.1) is 0 Å². The Morgan fingerprint density at radius 3 is 2.46 bits per heavy atom. The van der Waals surface area contributed by atoms with Gasteiger partial charge in [0.25, 0.3) is 0 Å². The molecular weight excluding hydrogens is 318 g/mol. The standard InChI is InChI=1S/C23H25N3/c1-3-10-19(11-4-1)18-26-17-8-7-15-22(26)21-14-9-16-24-23(21)25-20-12-5-2-6-13-20/h1-6,9-14,16,22H,7-8,15,17-18H2,(H,24,25)/t22-/m1/s1. The van der Waals surface area contributed by atoms with Gasteiger partial charge in [0.2, 0.25) is 0 Å². The highest BCUT2D eigenvalue weighted by molar-refractivity contribution is 5.59. The third-order valence-electron chi connectivity index (χ3n) is 5.08. The van der Waals surface area contributed by atoms with E-state index >= 15 is 0 Å². The summed E-state index contributed by atoms with van der Waals surface area (Å²) in [5, 5.41) is 3.52. The van der Waals surface area contributed by atoms with Gasteiger partial charge in [0.1, 0.15) is 5.82 Å². The largest absolute Gasteiger partial charge is 0.340 e. The molecule has 2 aromatic carbocycles. The van der Waals surface area contributed by atoms with Crippen molar-refractivity contribution in [3.05, 3.63) is 90.1 Å². The Hall–Kier alpha value is -2.65. The van der Waals surface area contributed by atoms with Crippen LogP contribution in [0.5, 0.6) is 0 Å². The summed E-state index contributed by atoms with van der Waals surface area (Å²) in [4.78, 5) is 7.26. The average Bonchev–Trinajstić information content (AvgIpc) is 2.71. The van der Waals surface area contributed by atoms with E-state index in [0.29, 0.717) is 6.04 Å². The Labute approximate surface area is 155 Å². The monoisotopic (exact) mass is 343 g/mol. The molecule has 1 atom stereocenters. The molecule has 4 rings (SSSR count). The summed E-state index contributed by atoms with van der Waals surface area (Å²) in [6.07, 6.45) is 5.60. The summed E-state index contributed by atoms with van der Waals surface area (Å²) in [6, 6.07) is 25.8. The first-order valence-electron chi connectivity index (χ1n) is 9.45. The minimum absolute atomic E-state index is 0.406. The fourth-order valence-electron chi connectivity index (χ4n) is 3.80. The van der Waals surface area contributed by atoms with Crippen LogP contribution in [-0.4, -0.2) is 16.4 Å². The highest BCUT2D eigenvalue weighted by Crippen LogP contribution is 2.35. The Morgan fingerprint density at radius 2 is 1.65 bits per heavy atom. The van der Waals surface area contributed by atoms with Gasteiger partial charge in [-0.3, -0.25) is 4.90 Å². The number of hydrogen-bond donors (Lipinski definition) is 1. The van der Waals surface area contributed by atoms with E-state index in [1.54, 1.807) is 0 Å². The molecule has 0 unspecified atom stereocenters. The molecule has 132 valence electrons. The molecule has 1 fully saturated rings. The number of para-hydroxylation sites is 1. The lowest BCUT2D eigenvalue weighted by Gasteiger charge is -2.36. The molecule has 1 saturated heterocycles. The number of anilines is 2. The minimum Gasteiger partial charge on any atom is -0.340 e. The quantitative estimate of drug-likeness (QED) is 0.658. The van der Waals surface area contributed by atoms with Gasteiger partial charge in [-0.05, 0) is 43.1 Å². The lowest BCUT2D eigenvalue weighted by Crippen LogP contribution is -2.33. The third kappa shape index (κ3) is 3.94. The number of nitrogens with one attached hydrogen (secondary N) is 1. The molecule has 1 aromatic heterocycles. The third-order valence-corrected chi connectivity index (χ3v) is 5.08. The second-order valence-electron chi connectivity index (χ2n) is 6.90. The molecule has 0 radical (unpaired) electrons. The number of piperidine rings is 1. The van der Waals surface area contributed by atoms with Crippen LogP contribution in [-0.2, 0) is 6.54 Å². The van der Waals surface area contributed by atoms with Gasteiger partial charge in [0.15, 0.2) is 0 Å². The first-order chi connectivity index (χ1) is 12.9. The van der Waals surface area contributed by atoms with E-state index in [9.17, 15) is 0 Å². The minimum atomic E-state index is 0.406. The Bertz CT molecular complexity index is 817. The summed E-state index contributed by atoms with van der Waals surface area (Å²) in [7, 11) is 0. The molecule has 0 bridgehead atoms. The molecule has 1 aliphatic rings. The van der Waals surface area contributed by atoms with E-state index in [1.807, 2.05) is 24.4 Å². The summed E-state index contributed by atoms with van der Waals surface area (Å²) in [5.74, 6) is 0.976. The molecule has 0 spiro atoms. The van der Waals surface area contributed by atoms with Gasteiger partial charge in [-0.2, -0.15) is 0 Å². The second kappa shape index (κ2) is 8.15. The van der Waals surface area contributed by atoms with Crippen molar-refractivity contribution in [2.75, 3.05) is 11.9 Å². The van der Waals surface area contributed by atoms with Crippen molar-refractivity contribution < 1.29 is 0 Å². The van der Waals surface area contributed by atoms with Gasteiger partial charge in [-0.1, -0.05) is 61.0 Å². The fraction of sp³-hybridized carbons (Fsp3) is 0.261. The molecule has 3 nitrogen and oxygen atoms in total. The zero-order chi connectivity index (χ0) is 17.6. The highest BCUT2D eigenvalue weighted by Gasteiger charge is 2.26. The van der Waals surface area contributed by atoms with Crippen molar-refractivity contribution in [3.63, 3.8) is 0 Å². The molecule has 3 heteroatoms. The van der Waals surface area contributed by atoms with Crippen LogP contribution >= 0.6 is 0 Å². The van der Waals surface area contributed by atoms with Gasteiger partial charge in [-0.15, -0.1) is 0 Å². The molecule has 0 amide bonds. The van der Waals surface area contributed by atoms with E-state index in [2.05, 4.69) is 69.8 Å². The summed E-state index contributed by atoms with van der Waals surface area (Å²) < 4.78 is 0. The predicted octanol–water partition coefficient (Wildman–Crippen LogP) is 5.55. The van der Waals surface area contributed by atoms with Crippen molar-refractivity contribution >= 4 is 11.5 Å². The number of benzene rings is 2. The summed E-state index contributed by atoms with van der Waals surface area (Å²) >= 11 is 0. The van der Waals surface area contributed by atoms with E-state index in [0.717, 1.165) is 24.6 Å². The number of hydrogen-bond acceptors (Lipinski definition) is 3. The smallest absolute Gasteiger partial charge is 0.135 e. The average molecular weight is 343 g/mol. The van der Waals surface area contributed by atoms with Crippen molar-refractivity contribution in [2.24, 2.45) is 0 Å². The van der Waals surface area contributed by atoms with Gasteiger partial charge in [-0.25, -0.2) is 4.98 Å². The molecule has 3 aromatic rings. The number of pyridine rings is 1. The molecular formula is C23H25N3. The SMILES string of the molecule is c1ccc(CN2CCCC[C@@H]2c2cccnc2Nc2ccccc2)cc1. The zero-order valence-electron chi connectivity index (χ0n) is 15.0. The number of likely N-dealkylation sites (tertiary alicyclic amines) is 1. The van der Waals surface area contributed by atoms with Crippen LogP contribution in [0.25, 0.3) is 0 Å². The molecule has 26 heavy (non-hydrogen) atoms. The van der Waals surface area contributed by atoms with Crippen LogP contribution < -0.4 is 5.32 Å². The Balaban J connectivity index is 1.60. The first-order valence-corrected chi connectivity index (χ1v) is 9.45. The van der Waals surface area contributed by atoms with Crippen LogP contribution in [0.1, 0.15) is 36.4 Å². The van der Waals surface area contributed by atoms with E-state index < -0.39 is 0 Å². The van der Waals surface area contributed by atoms with Crippen LogP contribution in [0.2, 0.25) is 0 Å². The number of rotatable bonds is 5. The molecule has 0 saturated carbocycles. The molecule has 1 aliphatic heterocycles. The number of nitrogens with zero attached hydrogens (tertiary/aromatic N) is 2. The van der Waals surface area contributed by atoms with Crippen molar-refractivity contribution in [1.82, 2.24) is 9.88 Å². The van der Waals surface area contributed by atoms with Crippen molar-refractivity contribution in [1.29, 1.82) is 0 Å². The second-order valence-corrected chi connectivity index (χ2v) is 6.90. The topological polar surface area (TPSA) is 28.2 Å². The van der Waals surface area contributed by atoms with E-state index in [4.69, 9.17) is 0 Å². The van der Waals surface area contributed by atoms with Crippen molar-refractivity contribution in [3.8, 4) is 0 Å². The van der Waals surface area contributed by atoms with Crippen LogP contribution in [0.3, 0.4) is 0 Å². The number of aromatic nitrogens is 1. The highest BCUT2D eigenvalue weighted by atomic mass is 15.2. The van der Waals surface area contributed by atoms with Crippen LogP contribution in [0.4, 0.5) is 11.5 Å². The fourth-order valence-corrected chi connectivity index (χ4v) is 3.80. The first kappa shape index (κ1) is 16.8. The Morgan fingerprint density at radius 1 is 0.885 bits per heavy atom. The van der Waals surface area contributed by atoms with Gasteiger partial charge in [0, 0.05) is 30.0 Å². The summed E-state index contributed by atoms with van der Waals surface area (Å²) in [5.41, 5.74) is 3.76. The molecule has 2 heterocycles. The summed E-state index contributed by atoms with van der Waals surface area (Å²) in [6.45, 7) is 2.13. The van der Waals surface area contributed by atoms with E-state index in [-0.39, 0.29) is 0 Å². The maximum absolute atomic E-state index is 4.65. The maximum atomic E-state index is 4.65. The maximum Gasteiger partial charge on any atom is 0.135 e. The van der Waals surface area contributed by atoms with Gasteiger partial charge >= 0.3 is 0 Å². The van der Waals surface area contributed by atoms with Gasteiger partial charge < -0.3 is 5.32 Å². The molecule has 0 aliphatic carbocycles. The van der Waals surface area contributed by atoms with Crippen LogP contribution in [0.15, 0.2) is 79.0 Å². The van der Waals surface area contributed by atoms with Gasteiger partial charge in [0.05, 0.1) is 0 Å². The molecule has 1 N–H and O–H groups in total. The predicted molar refractivity (Wildman–Crippen MR) is 107 cm³/mol. The zero-order valence-corrected chi connectivity index (χ0v) is 15.0.